The molecule has 1 amide bonds. The predicted molar refractivity (Wildman–Crippen MR) is 103 cm³/mol. The number of aromatic amines is 1. The summed E-state index contributed by atoms with van der Waals surface area (Å²) in [5.74, 6) is 0.553. The summed E-state index contributed by atoms with van der Waals surface area (Å²) in [7, 11) is 3.83. The Hall–Kier alpha value is -2.66. The zero-order chi connectivity index (χ0) is 18.0. The van der Waals surface area contributed by atoms with Gasteiger partial charge in [0.1, 0.15) is 11.4 Å². The zero-order valence-electron chi connectivity index (χ0n) is 14.4. The number of nitrogens with one attached hydrogen (secondary N) is 2. The van der Waals surface area contributed by atoms with Crippen molar-refractivity contribution < 1.29 is 9.53 Å². The van der Waals surface area contributed by atoms with Crippen LogP contribution in [0.2, 0.25) is 5.02 Å². The molecule has 2 aromatic carbocycles. The van der Waals surface area contributed by atoms with Gasteiger partial charge in [-0.2, -0.15) is 0 Å². The lowest BCUT2D eigenvalue weighted by Crippen LogP contribution is -2.13. The number of halogens is 1. The van der Waals surface area contributed by atoms with Gasteiger partial charge in [-0.25, -0.2) is 0 Å². The summed E-state index contributed by atoms with van der Waals surface area (Å²) >= 11 is 6.25. The molecule has 0 aliphatic heterocycles. The van der Waals surface area contributed by atoms with Crippen LogP contribution in [0.5, 0.6) is 5.75 Å². The van der Waals surface area contributed by atoms with Crippen LogP contribution in [0.1, 0.15) is 17.4 Å². The van der Waals surface area contributed by atoms with Crippen LogP contribution in [0.3, 0.4) is 0 Å². The molecular formula is C19H20ClN3O2. The van der Waals surface area contributed by atoms with Crippen molar-refractivity contribution in [2.75, 3.05) is 30.9 Å². The third-order valence-electron chi connectivity index (χ3n) is 3.84. The molecule has 0 radical (unpaired) electrons. The van der Waals surface area contributed by atoms with E-state index in [1.165, 1.54) is 0 Å². The van der Waals surface area contributed by atoms with E-state index in [9.17, 15) is 4.79 Å². The van der Waals surface area contributed by atoms with Gasteiger partial charge in [0.25, 0.3) is 5.91 Å². The van der Waals surface area contributed by atoms with Gasteiger partial charge in [-0.15, -0.1) is 0 Å². The number of carbonyl (C=O) groups is 1. The maximum atomic E-state index is 12.5. The van der Waals surface area contributed by atoms with Crippen molar-refractivity contribution >= 4 is 39.8 Å². The Kier molecular flexibility index (Phi) is 4.86. The molecule has 5 nitrogen and oxygen atoms in total. The number of benzene rings is 2. The van der Waals surface area contributed by atoms with Crippen LogP contribution in [-0.2, 0) is 0 Å². The maximum absolute atomic E-state index is 12.5. The fourth-order valence-corrected chi connectivity index (χ4v) is 2.98. The lowest BCUT2D eigenvalue weighted by Gasteiger charge is -2.15. The number of anilines is 2. The molecule has 2 N–H and O–H groups in total. The first-order valence-electron chi connectivity index (χ1n) is 8.01. The first-order chi connectivity index (χ1) is 12.0. The van der Waals surface area contributed by atoms with E-state index in [1.54, 1.807) is 6.07 Å². The summed E-state index contributed by atoms with van der Waals surface area (Å²) in [6.45, 7) is 2.54. The standard InChI is InChI=1S/C19H20ClN3O2/c1-4-25-14-7-5-12-9-17(22-16(12)11-14)19(24)21-13-6-8-18(23(2)3)15(20)10-13/h5-11,22H,4H2,1-3H3,(H,21,24). The van der Waals surface area contributed by atoms with Crippen LogP contribution in [0.4, 0.5) is 11.4 Å². The van der Waals surface area contributed by atoms with Gasteiger partial charge in [-0.1, -0.05) is 11.6 Å². The number of hydrogen-bond acceptors (Lipinski definition) is 3. The van der Waals surface area contributed by atoms with Gasteiger partial charge in [0.2, 0.25) is 0 Å². The quantitative estimate of drug-likeness (QED) is 0.704. The Labute approximate surface area is 151 Å². The van der Waals surface area contributed by atoms with E-state index in [2.05, 4.69) is 10.3 Å². The Balaban J connectivity index is 1.81. The number of ether oxygens (including phenoxy) is 1. The molecule has 3 rings (SSSR count). The average Bonchev–Trinajstić information content (AvgIpc) is 2.98. The van der Waals surface area contributed by atoms with E-state index in [1.807, 2.05) is 62.3 Å². The normalized spacial score (nSPS) is 10.7. The van der Waals surface area contributed by atoms with E-state index in [-0.39, 0.29) is 5.91 Å². The number of H-pyrrole nitrogens is 1. The largest absolute Gasteiger partial charge is 0.494 e. The summed E-state index contributed by atoms with van der Waals surface area (Å²) in [5, 5.41) is 4.40. The SMILES string of the molecule is CCOc1ccc2cc(C(=O)Nc3ccc(N(C)C)c(Cl)c3)[nH]c2c1. The molecule has 3 aromatic rings. The van der Waals surface area contributed by atoms with Crippen molar-refractivity contribution in [1.82, 2.24) is 4.98 Å². The molecule has 0 bridgehead atoms. The van der Waals surface area contributed by atoms with Crippen LogP contribution in [0.15, 0.2) is 42.5 Å². The lowest BCUT2D eigenvalue weighted by atomic mass is 10.2. The molecule has 0 aliphatic carbocycles. The van der Waals surface area contributed by atoms with Crippen molar-refractivity contribution in [3.05, 3.63) is 53.2 Å². The van der Waals surface area contributed by atoms with Crippen LogP contribution < -0.4 is 15.0 Å². The molecule has 0 spiro atoms. The lowest BCUT2D eigenvalue weighted by molar-refractivity contribution is 0.102. The van der Waals surface area contributed by atoms with E-state index < -0.39 is 0 Å². The highest BCUT2D eigenvalue weighted by Crippen LogP contribution is 2.28. The average molecular weight is 358 g/mol. The summed E-state index contributed by atoms with van der Waals surface area (Å²) in [6, 6.07) is 13.0. The summed E-state index contributed by atoms with van der Waals surface area (Å²) < 4.78 is 5.48. The minimum absolute atomic E-state index is 0.220. The van der Waals surface area contributed by atoms with Crippen LogP contribution in [0, 0.1) is 0 Å². The second kappa shape index (κ2) is 7.07. The number of amides is 1. The third kappa shape index (κ3) is 3.72. The smallest absolute Gasteiger partial charge is 0.272 e. The van der Waals surface area contributed by atoms with Gasteiger partial charge in [0.05, 0.1) is 17.3 Å². The van der Waals surface area contributed by atoms with Crippen molar-refractivity contribution in [2.24, 2.45) is 0 Å². The van der Waals surface area contributed by atoms with Gasteiger partial charge in [-0.3, -0.25) is 4.79 Å². The van der Waals surface area contributed by atoms with E-state index in [0.717, 1.165) is 22.3 Å². The summed E-state index contributed by atoms with van der Waals surface area (Å²) in [4.78, 5) is 17.5. The van der Waals surface area contributed by atoms with Gasteiger partial charge in [0, 0.05) is 36.8 Å². The fraction of sp³-hybridized carbons (Fsp3) is 0.211. The van der Waals surface area contributed by atoms with E-state index >= 15 is 0 Å². The summed E-state index contributed by atoms with van der Waals surface area (Å²) in [6.07, 6.45) is 0. The Morgan fingerprint density at radius 1 is 1.20 bits per heavy atom. The van der Waals surface area contributed by atoms with Crippen molar-refractivity contribution in [2.45, 2.75) is 6.92 Å². The fourth-order valence-electron chi connectivity index (χ4n) is 2.63. The van der Waals surface area contributed by atoms with E-state index in [0.29, 0.717) is 23.0 Å². The zero-order valence-corrected chi connectivity index (χ0v) is 15.1. The monoisotopic (exact) mass is 357 g/mol. The predicted octanol–water partition coefficient (Wildman–Crippen LogP) is 4.54. The number of nitrogens with zero attached hydrogens (tertiary/aromatic N) is 1. The molecule has 1 heterocycles. The molecule has 0 aliphatic rings. The Bertz CT molecular complexity index is 918. The first-order valence-corrected chi connectivity index (χ1v) is 8.39. The molecule has 0 atom stereocenters. The molecule has 0 saturated heterocycles. The minimum Gasteiger partial charge on any atom is -0.494 e. The van der Waals surface area contributed by atoms with Crippen LogP contribution >= 0.6 is 11.6 Å². The van der Waals surface area contributed by atoms with E-state index in [4.69, 9.17) is 16.3 Å². The number of hydrogen-bond donors (Lipinski definition) is 2. The molecule has 0 fully saturated rings. The molecule has 6 heteroatoms. The second-order valence-electron chi connectivity index (χ2n) is 5.88. The number of fused-ring (bicyclic) bond motifs is 1. The number of rotatable bonds is 5. The second-order valence-corrected chi connectivity index (χ2v) is 6.29. The molecule has 0 saturated carbocycles. The molecule has 130 valence electrons. The maximum Gasteiger partial charge on any atom is 0.272 e. The number of carbonyl (C=O) groups excluding carboxylic acids is 1. The third-order valence-corrected chi connectivity index (χ3v) is 4.14. The molecule has 0 unspecified atom stereocenters. The highest BCUT2D eigenvalue weighted by molar-refractivity contribution is 6.33. The van der Waals surface area contributed by atoms with Gasteiger partial charge in [0.15, 0.2) is 0 Å². The Morgan fingerprint density at radius 3 is 2.68 bits per heavy atom. The molecular weight excluding hydrogens is 338 g/mol. The van der Waals surface area contributed by atoms with Crippen LogP contribution in [-0.4, -0.2) is 31.6 Å². The van der Waals surface area contributed by atoms with Gasteiger partial charge >= 0.3 is 0 Å². The molecule has 1 aromatic heterocycles. The first kappa shape index (κ1) is 17.2. The van der Waals surface area contributed by atoms with Gasteiger partial charge in [-0.05, 0) is 43.3 Å². The highest BCUT2D eigenvalue weighted by atomic mass is 35.5. The summed E-state index contributed by atoms with van der Waals surface area (Å²) in [5.41, 5.74) is 2.89. The van der Waals surface area contributed by atoms with Crippen molar-refractivity contribution in [3.8, 4) is 5.75 Å². The Morgan fingerprint density at radius 2 is 2.00 bits per heavy atom. The highest BCUT2D eigenvalue weighted by Gasteiger charge is 2.12. The van der Waals surface area contributed by atoms with Crippen molar-refractivity contribution in [3.63, 3.8) is 0 Å². The topological polar surface area (TPSA) is 57.4 Å². The molecule has 25 heavy (non-hydrogen) atoms. The number of aromatic nitrogens is 1. The minimum atomic E-state index is -0.220. The van der Waals surface area contributed by atoms with Crippen LogP contribution in [0.25, 0.3) is 10.9 Å². The van der Waals surface area contributed by atoms with Gasteiger partial charge < -0.3 is 19.9 Å². The van der Waals surface area contributed by atoms with Crippen molar-refractivity contribution in [1.29, 1.82) is 0 Å².